The van der Waals surface area contributed by atoms with Crippen LogP contribution in [0.3, 0.4) is 0 Å². The average Bonchev–Trinajstić information content (AvgIpc) is 2.35. The van der Waals surface area contributed by atoms with Crippen LogP contribution in [0.4, 0.5) is 0 Å². The molecule has 17 heavy (non-hydrogen) atoms. The third-order valence-corrected chi connectivity index (χ3v) is 3.39. The fourth-order valence-electron chi connectivity index (χ4n) is 2.22. The van der Waals surface area contributed by atoms with Crippen molar-refractivity contribution >= 4 is 0 Å². The maximum atomic E-state index is 5.45. The minimum absolute atomic E-state index is 0.581. The molecule has 104 valence electrons. The molecular formula is C14H32N2O. The van der Waals surface area contributed by atoms with Crippen molar-refractivity contribution in [3.8, 4) is 0 Å². The van der Waals surface area contributed by atoms with Crippen LogP contribution in [0.1, 0.15) is 47.5 Å². The van der Waals surface area contributed by atoms with Crippen molar-refractivity contribution in [3.05, 3.63) is 0 Å². The highest BCUT2D eigenvalue weighted by molar-refractivity contribution is 4.79. The Morgan fingerprint density at radius 2 is 1.88 bits per heavy atom. The molecule has 0 aromatic rings. The molecule has 0 fully saturated rings. The number of rotatable bonds is 11. The molecule has 0 aromatic carbocycles. The molecule has 0 spiro atoms. The van der Waals surface area contributed by atoms with Gasteiger partial charge in [-0.2, -0.15) is 0 Å². The van der Waals surface area contributed by atoms with Gasteiger partial charge in [0.1, 0.15) is 0 Å². The monoisotopic (exact) mass is 244 g/mol. The van der Waals surface area contributed by atoms with Crippen LogP contribution in [0.2, 0.25) is 0 Å². The van der Waals surface area contributed by atoms with Crippen LogP contribution in [0, 0.1) is 0 Å². The summed E-state index contributed by atoms with van der Waals surface area (Å²) >= 11 is 0. The van der Waals surface area contributed by atoms with Crippen LogP contribution < -0.4 is 5.32 Å². The molecule has 3 heteroatoms. The molecule has 0 aliphatic heterocycles. The molecule has 0 amide bonds. The van der Waals surface area contributed by atoms with Crippen LogP contribution in [0.5, 0.6) is 0 Å². The molecular weight excluding hydrogens is 212 g/mol. The Labute approximate surface area is 108 Å². The van der Waals surface area contributed by atoms with E-state index in [1.165, 1.54) is 12.8 Å². The predicted molar refractivity (Wildman–Crippen MR) is 75.6 cm³/mol. The van der Waals surface area contributed by atoms with Gasteiger partial charge in [-0.25, -0.2) is 0 Å². The van der Waals surface area contributed by atoms with E-state index in [-0.39, 0.29) is 0 Å². The quantitative estimate of drug-likeness (QED) is 0.565. The topological polar surface area (TPSA) is 24.5 Å². The lowest BCUT2D eigenvalue weighted by Gasteiger charge is -2.34. The standard InChI is InChI=1S/C14H32N2O/c1-6-10-15-14(7-2)13(5)16(8-3)11-12-17-9-4/h13-15H,6-12H2,1-5H3. The molecule has 0 bridgehead atoms. The van der Waals surface area contributed by atoms with Crippen LogP contribution in [-0.4, -0.2) is 49.8 Å². The lowest BCUT2D eigenvalue weighted by molar-refractivity contribution is 0.0895. The van der Waals surface area contributed by atoms with E-state index in [1.807, 2.05) is 0 Å². The van der Waals surface area contributed by atoms with Crippen LogP contribution >= 0.6 is 0 Å². The van der Waals surface area contributed by atoms with E-state index in [0.29, 0.717) is 12.1 Å². The van der Waals surface area contributed by atoms with Crippen LogP contribution in [0.25, 0.3) is 0 Å². The first-order valence-corrected chi connectivity index (χ1v) is 7.26. The van der Waals surface area contributed by atoms with Gasteiger partial charge in [-0.05, 0) is 39.8 Å². The van der Waals surface area contributed by atoms with Gasteiger partial charge in [0.2, 0.25) is 0 Å². The van der Waals surface area contributed by atoms with Gasteiger partial charge < -0.3 is 10.1 Å². The van der Waals surface area contributed by atoms with Crippen molar-refractivity contribution in [2.24, 2.45) is 0 Å². The number of ether oxygens (including phenoxy) is 1. The highest BCUT2D eigenvalue weighted by Crippen LogP contribution is 2.07. The molecule has 2 atom stereocenters. The Morgan fingerprint density at radius 3 is 2.35 bits per heavy atom. The molecule has 0 saturated carbocycles. The third-order valence-electron chi connectivity index (χ3n) is 3.39. The zero-order chi connectivity index (χ0) is 13.1. The summed E-state index contributed by atoms with van der Waals surface area (Å²) in [4.78, 5) is 2.51. The largest absolute Gasteiger partial charge is 0.380 e. The normalized spacial score (nSPS) is 15.2. The summed E-state index contributed by atoms with van der Waals surface area (Å²) in [5.41, 5.74) is 0. The van der Waals surface area contributed by atoms with E-state index in [1.54, 1.807) is 0 Å². The minimum Gasteiger partial charge on any atom is -0.380 e. The van der Waals surface area contributed by atoms with Crippen molar-refractivity contribution in [1.29, 1.82) is 0 Å². The summed E-state index contributed by atoms with van der Waals surface area (Å²) in [7, 11) is 0. The van der Waals surface area contributed by atoms with E-state index in [9.17, 15) is 0 Å². The SMILES string of the molecule is CCCNC(CC)C(C)N(CC)CCOCC. The first-order chi connectivity index (χ1) is 8.21. The van der Waals surface area contributed by atoms with Crippen molar-refractivity contribution in [2.75, 3.05) is 32.8 Å². The van der Waals surface area contributed by atoms with Crippen molar-refractivity contribution in [3.63, 3.8) is 0 Å². The number of nitrogens with one attached hydrogen (secondary N) is 1. The molecule has 0 rings (SSSR count). The van der Waals surface area contributed by atoms with Crippen molar-refractivity contribution < 1.29 is 4.74 Å². The van der Waals surface area contributed by atoms with Crippen LogP contribution in [0.15, 0.2) is 0 Å². The minimum atomic E-state index is 0.581. The van der Waals surface area contributed by atoms with Gasteiger partial charge in [-0.1, -0.05) is 20.8 Å². The highest BCUT2D eigenvalue weighted by atomic mass is 16.5. The second-order valence-corrected chi connectivity index (χ2v) is 4.53. The summed E-state index contributed by atoms with van der Waals surface area (Å²) in [6.07, 6.45) is 2.39. The maximum Gasteiger partial charge on any atom is 0.0593 e. The lowest BCUT2D eigenvalue weighted by atomic mass is 10.1. The van der Waals surface area contributed by atoms with E-state index < -0.39 is 0 Å². The predicted octanol–water partition coefficient (Wildman–Crippen LogP) is 2.51. The molecule has 0 aliphatic rings. The molecule has 0 radical (unpaired) electrons. The summed E-state index contributed by atoms with van der Waals surface area (Å²) in [6.45, 7) is 16.0. The Kier molecular flexibility index (Phi) is 10.9. The van der Waals surface area contributed by atoms with Gasteiger partial charge in [0, 0.05) is 25.2 Å². The Bertz CT molecular complexity index is 164. The molecule has 2 unspecified atom stereocenters. The number of hydrogen-bond donors (Lipinski definition) is 1. The smallest absolute Gasteiger partial charge is 0.0593 e. The molecule has 0 heterocycles. The number of nitrogens with zero attached hydrogens (tertiary/aromatic N) is 1. The van der Waals surface area contributed by atoms with Gasteiger partial charge in [-0.15, -0.1) is 0 Å². The van der Waals surface area contributed by atoms with E-state index in [2.05, 4.69) is 44.8 Å². The lowest BCUT2D eigenvalue weighted by Crippen LogP contribution is -2.49. The average molecular weight is 244 g/mol. The second-order valence-electron chi connectivity index (χ2n) is 4.53. The zero-order valence-electron chi connectivity index (χ0n) is 12.5. The molecule has 3 nitrogen and oxygen atoms in total. The van der Waals surface area contributed by atoms with Gasteiger partial charge in [0.15, 0.2) is 0 Å². The van der Waals surface area contributed by atoms with E-state index >= 15 is 0 Å². The molecule has 0 aliphatic carbocycles. The summed E-state index contributed by atoms with van der Waals surface area (Å²) in [5, 5.41) is 3.64. The van der Waals surface area contributed by atoms with Gasteiger partial charge in [0.05, 0.1) is 6.61 Å². The summed E-state index contributed by atoms with van der Waals surface area (Å²) in [5.74, 6) is 0. The zero-order valence-corrected chi connectivity index (χ0v) is 12.5. The fraction of sp³-hybridized carbons (Fsp3) is 1.00. The third kappa shape index (κ3) is 7.02. The molecule has 0 aromatic heterocycles. The number of hydrogen-bond acceptors (Lipinski definition) is 3. The number of likely N-dealkylation sites (N-methyl/N-ethyl adjacent to an activating group) is 1. The highest BCUT2D eigenvalue weighted by Gasteiger charge is 2.20. The summed E-state index contributed by atoms with van der Waals surface area (Å²) in [6, 6.07) is 1.17. The first kappa shape index (κ1) is 16.9. The van der Waals surface area contributed by atoms with Gasteiger partial charge >= 0.3 is 0 Å². The Balaban J connectivity index is 4.12. The second kappa shape index (κ2) is 11.0. The maximum absolute atomic E-state index is 5.45. The van der Waals surface area contributed by atoms with E-state index in [0.717, 1.165) is 32.8 Å². The van der Waals surface area contributed by atoms with Gasteiger partial charge in [-0.3, -0.25) is 4.90 Å². The molecule has 1 N–H and O–H groups in total. The molecule has 0 saturated heterocycles. The van der Waals surface area contributed by atoms with Gasteiger partial charge in [0.25, 0.3) is 0 Å². The van der Waals surface area contributed by atoms with Crippen molar-refractivity contribution in [2.45, 2.75) is 59.5 Å². The van der Waals surface area contributed by atoms with Crippen LogP contribution in [-0.2, 0) is 4.74 Å². The first-order valence-electron chi connectivity index (χ1n) is 7.26. The summed E-state index contributed by atoms with van der Waals surface area (Å²) < 4.78 is 5.45. The van der Waals surface area contributed by atoms with E-state index in [4.69, 9.17) is 4.74 Å². The van der Waals surface area contributed by atoms with Crippen molar-refractivity contribution in [1.82, 2.24) is 10.2 Å². The Morgan fingerprint density at radius 1 is 1.18 bits per heavy atom. The fourth-order valence-corrected chi connectivity index (χ4v) is 2.22. The Hall–Kier alpha value is -0.120.